The van der Waals surface area contributed by atoms with E-state index in [4.69, 9.17) is 9.47 Å². The molecule has 0 aliphatic carbocycles. The van der Waals surface area contributed by atoms with Crippen molar-refractivity contribution >= 4 is 5.78 Å². The van der Waals surface area contributed by atoms with Crippen molar-refractivity contribution in [1.29, 1.82) is 0 Å². The van der Waals surface area contributed by atoms with Gasteiger partial charge in [0.25, 0.3) is 0 Å². The molecule has 0 aromatic heterocycles. The molecular weight excluding hydrogens is 266 g/mol. The van der Waals surface area contributed by atoms with Gasteiger partial charge in [0.05, 0.1) is 18.8 Å². The number of ether oxygens (including phenoxy) is 2. The lowest BCUT2D eigenvalue weighted by molar-refractivity contribution is -0.0257. The van der Waals surface area contributed by atoms with Gasteiger partial charge in [0, 0.05) is 19.1 Å². The molecule has 1 fully saturated rings. The van der Waals surface area contributed by atoms with Gasteiger partial charge in [0.15, 0.2) is 5.78 Å². The highest BCUT2D eigenvalue weighted by Crippen LogP contribution is 2.22. The molecule has 1 aliphatic rings. The molecule has 0 radical (unpaired) electrons. The Bertz CT molecular complexity index is 473. The fourth-order valence-electron chi connectivity index (χ4n) is 2.48. The van der Waals surface area contributed by atoms with Crippen molar-refractivity contribution < 1.29 is 14.3 Å². The van der Waals surface area contributed by atoms with Crippen LogP contribution in [0.25, 0.3) is 0 Å². The average molecular weight is 291 g/mol. The number of benzene rings is 1. The number of hydrogen-bond donors (Lipinski definition) is 0. The fraction of sp³-hybridized carbons (Fsp3) is 0.588. The Hall–Kier alpha value is -1.39. The highest BCUT2D eigenvalue weighted by molar-refractivity contribution is 6.02. The SMILES string of the molecule is CCCOc1ccccc1C(=O)C1CN(C(C)C)CCO1. The smallest absolute Gasteiger partial charge is 0.196 e. The molecule has 116 valence electrons. The Balaban J connectivity index is 2.12. The van der Waals surface area contributed by atoms with E-state index in [1.807, 2.05) is 24.3 Å². The van der Waals surface area contributed by atoms with Gasteiger partial charge >= 0.3 is 0 Å². The molecule has 4 heteroatoms. The van der Waals surface area contributed by atoms with Gasteiger partial charge < -0.3 is 9.47 Å². The number of hydrogen-bond acceptors (Lipinski definition) is 4. The van der Waals surface area contributed by atoms with Crippen LogP contribution in [-0.2, 0) is 4.74 Å². The molecule has 1 aromatic carbocycles. The first-order chi connectivity index (χ1) is 10.1. The normalized spacial score (nSPS) is 19.7. The third kappa shape index (κ3) is 4.05. The van der Waals surface area contributed by atoms with Gasteiger partial charge in [-0.3, -0.25) is 9.69 Å². The van der Waals surface area contributed by atoms with Gasteiger partial charge in [-0.15, -0.1) is 0 Å². The maximum absolute atomic E-state index is 12.7. The Morgan fingerprint density at radius 3 is 2.90 bits per heavy atom. The Labute approximate surface area is 127 Å². The first-order valence-electron chi connectivity index (χ1n) is 7.75. The van der Waals surface area contributed by atoms with Crippen LogP contribution in [0.15, 0.2) is 24.3 Å². The molecule has 1 aromatic rings. The summed E-state index contributed by atoms with van der Waals surface area (Å²) < 4.78 is 11.4. The summed E-state index contributed by atoms with van der Waals surface area (Å²) in [5, 5.41) is 0. The zero-order valence-electron chi connectivity index (χ0n) is 13.2. The number of para-hydroxylation sites is 1. The lowest BCUT2D eigenvalue weighted by Crippen LogP contribution is -2.48. The second-order valence-electron chi connectivity index (χ2n) is 5.66. The molecule has 0 bridgehead atoms. The van der Waals surface area contributed by atoms with Crippen molar-refractivity contribution in [3.63, 3.8) is 0 Å². The number of nitrogens with zero attached hydrogens (tertiary/aromatic N) is 1. The Morgan fingerprint density at radius 1 is 1.43 bits per heavy atom. The van der Waals surface area contributed by atoms with Crippen LogP contribution in [0, 0.1) is 0 Å². The number of carbonyl (C=O) groups excluding carboxylic acids is 1. The summed E-state index contributed by atoms with van der Waals surface area (Å²) >= 11 is 0. The van der Waals surface area contributed by atoms with Gasteiger partial charge in [0.1, 0.15) is 11.9 Å². The topological polar surface area (TPSA) is 38.8 Å². The summed E-state index contributed by atoms with van der Waals surface area (Å²) in [5.41, 5.74) is 0.626. The van der Waals surface area contributed by atoms with E-state index in [1.54, 1.807) is 0 Å². The van der Waals surface area contributed by atoms with Crippen molar-refractivity contribution in [3.8, 4) is 5.75 Å². The molecule has 2 rings (SSSR count). The first kappa shape index (κ1) is 16.0. The molecule has 21 heavy (non-hydrogen) atoms. The third-order valence-electron chi connectivity index (χ3n) is 3.73. The Morgan fingerprint density at radius 2 is 2.19 bits per heavy atom. The number of rotatable bonds is 6. The number of ketones is 1. The standard InChI is InChI=1S/C17H25NO3/c1-4-10-20-15-8-6-5-7-14(15)17(19)16-12-18(13(2)3)9-11-21-16/h5-8,13,16H,4,9-12H2,1-3H3. The maximum Gasteiger partial charge on any atom is 0.196 e. The van der Waals surface area contributed by atoms with E-state index in [1.165, 1.54) is 0 Å². The summed E-state index contributed by atoms with van der Waals surface area (Å²) in [4.78, 5) is 15.0. The predicted molar refractivity (Wildman–Crippen MR) is 83.0 cm³/mol. The zero-order valence-corrected chi connectivity index (χ0v) is 13.2. The van der Waals surface area contributed by atoms with E-state index in [2.05, 4.69) is 25.7 Å². The van der Waals surface area contributed by atoms with E-state index in [0.717, 1.165) is 13.0 Å². The van der Waals surface area contributed by atoms with E-state index >= 15 is 0 Å². The summed E-state index contributed by atoms with van der Waals surface area (Å²) in [6.07, 6.45) is 0.524. The van der Waals surface area contributed by atoms with Gasteiger partial charge in [-0.2, -0.15) is 0 Å². The van der Waals surface area contributed by atoms with Crippen LogP contribution in [0.4, 0.5) is 0 Å². The van der Waals surface area contributed by atoms with Gasteiger partial charge in [-0.25, -0.2) is 0 Å². The molecule has 1 heterocycles. The lowest BCUT2D eigenvalue weighted by atomic mass is 10.0. The van der Waals surface area contributed by atoms with Gasteiger partial charge in [-0.05, 0) is 32.4 Å². The minimum Gasteiger partial charge on any atom is -0.493 e. The van der Waals surface area contributed by atoms with Gasteiger partial charge in [-0.1, -0.05) is 19.1 Å². The molecule has 1 atom stereocenters. The van der Waals surface area contributed by atoms with Crippen molar-refractivity contribution in [3.05, 3.63) is 29.8 Å². The van der Waals surface area contributed by atoms with E-state index in [0.29, 0.717) is 37.1 Å². The number of carbonyl (C=O) groups is 1. The number of morpholine rings is 1. The summed E-state index contributed by atoms with van der Waals surface area (Å²) in [5.74, 6) is 0.682. The van der Waals surface area contributed by atoms with Crippen LogP contribution in [-0.4, -0.2) is 49.1 Å². The quantitative estimate of drug-likeness (QED) is 0.756. The molecule has 0 amide bonds. The second kappa shape index (κ2) is 7.57. The molecular formula is C17H25NO3. The lowest BCUT2D eigenvalue weighted by Gasteiger charge is -2.34. The molecule has 0 N–H and O–H groups in total. The third-order valence-corrected chi connectivity index (χ3v) is 3.73. The average Bonchev–Trinajstić information content (AvgIpc) is 2.52. The molecule has 0 saturated carbocycles. The van der Waals surface area contributed by atoms with Crippen LogP contribution < -0.4 is 4.74 Å². The van der Waals surface area contributed by atoms with Gasteiger partial charge in [0.2, 0.25) is 0 Å². The monoisotopic (exact) mass is 291 g/mol. The van der Waals surface area contributed by atoms with Crippen molar-refractivity contribution in [2.45, 2.75) is 39.3 Å². The molecule has 0 spiro atoms. The van der Waals surface area contributed by atoms with Crippen LogP contribution in [0.2, 0.25) is 0 Å². The highest BCUT2D eigenvalue weighted by atomic mass is 16.5. The largest absolute Gasteiger partial charge is 0.493 e. The minimum atomic E-state index is -0.396. The molecule has 4 nitrogen and oxygen atoms in total. The van der Waals surface area contributed by atoms with E-state index in [9.17, 15) is 4.79 Å². The van der Waals surface area contributed by atoms with Crippen LogP contribution >= 0.6 is 0 Å². The van der Waals surface area contributed by atoms with Crippen molar-refractivity contribution in [1.82, 2.24) is 4.90 Å². The summed E-state index contributed by atoms with van der Waals surface area (Å²) in [7, 11) is 0. The highest BCUT2D eigenvalue weighted by Gasteiger charge is 2.29. The first-order valence-corrected chi connectivity index (χ1v) is 7.75. The van der Waals surface area contributed by atoms with E-state index in [-0.39, 0.29) is 5.78 Å². The van der Waals surface area contributed by atoms with Crippen LogP contribution in [0.1, 0.15) is 37.6 Å². The predicted octanol–water partition coefficient (Wildman–Crippen LogP) is 2.77. The van der Waals surface area contributed by atoms with Crippen LogP contribution in [0.3, 0.4) is 0 Å². The molecule has 1 unspecified atom stereocenters. The summed E-state index contributed by atoms with van der Waals surface area (Å²) in [6, 6.07) is 7.87. The Kier molecular flexibility index (Phi) is 5.76. The van der Waals surface area contributed by atoms with Crippen molar-refractivity contribution in [2.24, 2.45) is 0 Å². The fourth-order valence-corrected chi connectivity index (χ4v) is 2.48. The minimum absolute atomic E-state index is 0.0204. The van der Waals surface area contributed by atoms with E-state index < -0.39 is 6.10 Å². The maximum atomic E-state index is 12.7. The van der Waals surface area contributed by atoms with Crippen LogP contribution in [0.5, 0.6) is 5.75 Å². The molecule has 1 aliphatic heterocycles. The zero-order chi connectivity index (χ0) is 15.2. The van der Waals surface area contributed by atoms with Crippen molar-refractivity contribution in [2.75, 3.05) is 26.3 Å². The summed E-state index contributed by atoms with van der Waals surface area (Å²) in [6.45, 7) is 9.10. The second-order valence-corrected chi connectivity index (χ2v) is 5.66. The number of Topliss-reactive ketones (excluding diaryl/α,β-unsaturated/α-hetero) is 1. The molecule has 1 saturated heterocycles.